The summed E-state index contributed by atoms with van der Waals surface area (Å²) >= 11 is 3.38. The smallest absolute Gasteiger partial charge is 0.318 e. The van der Waals surface area contributed by atoms with Crippen LogP contribution in [0, 0.1) is 0 Å². The van der Waals surface area contributed by atoms with E-state index in [0.29, 0.717) is 0 Å². The van der Waals surface area contributed by atoms with Crippen LogP contribution in [0.5, 0.6) is 0 Å². The first-order valence-corrected chi connectivity index (χ1v) is 6.06. The molecule has 0 aliphatic rings. The lowest BCUT2D eigenvalue weighted by Crippen LogP contribution is -2.33. The van der Waals surface area contributed by atoms with Crippen LogP contribution in [-0.2, 0) is 4.79 Å². The molecule has 0 unspecified atom stereocenters. The molecular weight excluding hydrogens is 300 g/mol. The van der Waals surface area contributed by atoms with E-state index in [1.54, 1.807) is 6.08 Å². The number of carboxylic acids is 1. The largest absolute Gasteiger partial charge is 0.481 e. The number of nitrogens with one attached hydrogen (secondary N) is 2. The van der Waals surface area contributed by atoms with Crippen molar-refractivity contribution in [1.29, 1.82) is 0 Å². The fourth-order valence-electron chi connectivity index (χ4n) is 1.15. The molecule has 0 atom stereocenters. The van der Waals surface area contributed by atoms with Crippen LogP contribution >= 0.6 is 15.9 Å². The van der Waals surface area contributed by atoms with E-state index >= 15 is 0 Å². The Morgan fingerprint density at radius 2 is 2.06 bits per heavy atom. The van der Waals surface area contributed by atoms with Crippen molar-refractivity contribution < 1.29 is 14.7 Å². The average Bonchev–Trinajstić information content (AvgIpc) is 2.31. The van der Waals surface area contributed by atoms with Gasteiger partial charge in [0.1, 0.15) is 0 Å². The molecule has 0 fully saturated rings. The molecule has 0 heterocycles. The third-order valence-electron chi connectivity index (χ3n) is 2.01. The van der Waals surface area contributed by atoms with Crippen molar-refractivity contribution in [2.24, 2.45) is 0 Å². The standard InChI is InChI=1S/C12H13BrN2O3/c13-10-4-2-1-3-9(10)5-7-14-12(18)15-8-6-11(16)17/h1-5,7H,6,8H2,(H,16,17)(H2,14,15,18)/b7-5+. The zero-order chi connectivity index (χ0) is 13.4. The van der Waals surface area contributed by atoms with Crippen LogP contribution in [-0.4, -0.2) is 23.7 Å². The van der Waals surface area contributed by atoms with Gasteiger partial charge in [0, 0.05) is 17.2 Å². The minimum Gasteiger partial charge on any atom is -0.481 e. The van der Waals surface area contributed by atoms with Gasteiger partial charge in [-0.2, -0.15) is 0 Å². The van der Waals surface area contributed by atoms with Gasteiger partial charge in [0.2, 0.25) is 0 Å². The average molecular weight is 313 g/mol. The summed E-state index contributed by atoms with van der Waals surface area (Å²) in [4.78, 5) is 21.4. The second-order valence-corrected chi connectivity index (χ2v) is 4.25. The maximum atomic E-state index is 11.2. The van der Waals surface area contributed by atoms with Gasteiger partial charge in [-0.05, 0) is 17.7 Å². The highest BCUT2D eigenvalue weighted by Gasteiger charge is 1.99. The summed E-state index contributed by atoms with van der Waals surface area (Å²) in [6.07, 6.45) is 3.14. The Morgan fingerprint density at radius 3 is 2.72 bits per heavy atom. The summed E-state index contributed by atoms with van der Waals surface area (Å²) in [5.74, 6) is -0.945. The van der Waals surface area contributed by atoms with Crippen LogP contribution in [0.1, 0.15) is 12.0 Å². The number of carbonyl (C=O) groups is 2. The summed E-state index contributed by atoms with van der Waals surface area (Å²) in [7, 11) is 0. The molecule has 0 radical (unpaired) electrons. The Kier molecular flexibility index (Phi) is 5.93. The van der Waals surface area contributed by atoms with Gasteiger partial charge in [-0.15, -0.1) is 0 Å². The predicted octanol–water partition coefficient (Wildman–Crippen LogP) is 2.19. The first-order valence-electron chi connectivity index (χ1n) is 5.27. The first kappa shape index (κ1) is 14.2. The zero-order valence-corrected chi connectivity index (χ0v) is 11.1. The lowest BCUT2D eigenvalue weighted by Gasteiger charge is -2.02. The predicted molar refractivity (Wildman–Crippen MR) is 72.0 cm³/mol. The zero-order valence-electron chi connectivity index (χ0n) is 9.52. The second-order valence-electron chi connectivity index (χ2n) is 3.40. The van der Waals surface area contributed by atoms with E-state index in [-0.39, 0.29) is 13.0 Å². The molecule has 6 heteroatoms. The third kappa shape index (κ3) is 5.49. The van der Waals surface area contributed by atoms with Crippen LogP contribution in [0.3, 0.4) is 0 Å². The van der Waals surface area contributed by atoms with Crippen LogP contribution in [0.25, 0.3) is 6.08 Å². The van der Waals surface area contributed by atoms with Crippen molar-refractivity contribution in [3.8, 4) is 0 Å². The molecule has 2 amide bonds. The summed E-state index contributed by atoms with van der Waals surface area (Å²) in [5.41, 5.74) is 0.934. The number of carboxylic acid groups (broad SMARTS) is 1. The molecule has 1 aromatic carbocycles. The van der Waals surface area contributed by atoms with E-state index in [1.807, 2.05) is 24.3 Å². The number of benzene rings is 1. The minimum atomic E-state index is -0.945. The summed E-state index contributed by atoms with van der Waals surface area (Å²) in [5, 5.41) is 13.3. The number of rotatable bonds is 5. The van der Waals surface area contributed by atoms with E-state index in [4.69, 9.17) is 5.11 Å². The van der Waals surface area contributed by atoms with Crippen molar-refractivity contribution in [3.63, 3.8) is 0 Å². The molecule has 0 saturated carbocycles. The number of carbonyl (C=O) groups excluding carboxylic acids is 1. The van der Waals surface area contributed by atoms with Gasteiger partial charge in [0.15, 0.2) is 0 Å². The van der Waals surface area contributed by atoms with Crippen molar-refractivity contribution in [1.82, 2.24) is 10.6 Å². The Morgan fingerprint density at radius 1 is 1.33 bits per heavy atom. The van der Waals surface area contributed by atoms with E-state index in [9.17, 15) is 9.59 Å². The van der Waals surface area contributed by atoms with Crippen LogP contribution in [0.15, 0.2) is 34.9 Å². The monoisotopic (exact) mass is 312 g/mol. The first-order chi connectivity index (χ1) is 8.59. The molecule has 0 spiro atoms. The Bertz CT molecular complexity index is 460. The molecule has 3 N–H and O–H groups in total. The van der Waals surface area contributed by atoms with Gasteiger partial charge in [-0.3, -0.25) is 4.79 Å². The molecule has 0 saturated heterocycles. The highest BCUT2D eigenvalue weighted by atomic mass is 79.9. The summed E-state index contributed by atoms with van der Waals surface area (Å²) in [6, 6.07) is 7.14. The van der Waals surface area contributed by atoms with Crippen molar-refractivity contribution in [2.45, 2.75) is 6.42 Å². The molecule has 0 aromatic heterocycles. The fraction of sp³-hybridized carbons (Fsp3) is 0.167. The second kappa shape index (κ2) is 7.50. The minimum absolute atomic E-state index is 0.0959. The van der Waals surface area contributed by atoms with Crippen molar-refractivity contribution >= 4 is 34.0 Å². The number of amides is 2. The van der Waals surface area contributed by atoms with Crippen molar-refractivity contribution in [3.05, 3.63) is 40.5 Å². The highest BCUT2D eigenvalue weighted by Crippen LogP contribution is 2.16. The topological polar surface area (TPSA) is 78.4 Å². The third-order valence-corrected chi connectivity index (χ3v) is 2.73. The molecular formula is C12H13BrN2O3. The maximum absolute atomic E-state index is 11.2. The lowest BCUT2D eigenvalue weighted by atomic mass is 10.2. The molecule has 0 aliphatic carbocycles. The molecule has 0 bridgehead atoms. The molecule has 18 heavy (non-hydrogen) atoms. The number of hydrogen-bond donors (Lipinski definition) is 3. The van der Waals surface area contributed by atoms with Crippen molar-refractivity contribution in [2.75, 3.05) is 6.54 Å². The number of urea groups is 1. The summed E-state index contributed by atoms with van der Waals surface area (Å²) < 4.78 is 0.925. The van der Waals surface area contributed by atoms with Crippen LogP contribution in [0.4, 0.5) is 4.79 Å². The molecule has 1 rings (SSSR count). The van der Waals surface area contributed by atoms with Gasteiger partial charge in [-0.1, -0.05) is 34.1 Å². The molecule has 96 valence electrons. The van der Waals surface area contributed by atoms with Gasteiger partial charge < -0.3 is 15.7 Å². The molecule has 1 aromatic rings. The lowest BCUT2D eigenvalue weighted by molar-refractivity contribution is -0.136. The highest BCUT2D eigenvalue weighted by molar-refractivity contribution is 9.10. The van der Waals surface area contributed by atoms with Gasteiger partial charge in [0.05, 0.1) is 6.42 Å². The Labute approximate surface area is 113 Å². The fourth-order valence-corrected chi connectivity index (χ4v) is 1.57. The molecule has 0 aliphatic heterocycles. The van der Waals surface area contributed by atoms with E-state index in [1.165, 1.54) is 6.20 Å². The van der Waals surface area contributed by atoms with Gasteiger partial charge >= 0.3 is 12.0 Å². The van der Waals surface area contributed by atoms with E-state index in [0.717, 1.165) is 10.0 Å². The van der Waals surface area contributed by atoms with Gasteiger partial charge in [-0.25, -0.2) is 4.79 Å². The number of hydrogen-bond acceptors (Lipinski definition) is 2. The SMILES string of the molecule is O=C(O)CCNC(=O)N/C=C/c1ccccc1Br. The normalized spacial score (nSPS) is 10.3. The maximum Gasteiger partial charge on any atom is 0.318 e. The van der Waals surface area contributed by atoms with Crippen LogP contribution in [0.2, 0.25) is 0 Å². The van der Waals surface area contributed by atoms with Crippen LogP contribution < -0.4 is 10.6 Å². The Balaban J connectivity index is 2.34. The molecule has 5 nitrogen and oxygen atoms in total. The Hall–Kier alpha value is -1.82. The van der Waals surface area contributed by atoms with Gasteiger partial charge in [0.25, 0.3) is 0 Å². The number of halogens is 1. The summed E-state index contributed by atoms with van der Waals surface area (Å²) in [6.45, 7) is 0.101. The van der Waals surface area contributed by atoms with E-state index < -0.39 is 12.0 Å². The quantitative estimate of drug-likeness (QED) is 0.780. The number of aliphatic carboxylic acids is 1. The van der Waals surface area contributed by atoms with E-state index in [2.05, 4.69) is 26.6 Å².